The molecule has 3 N–H and O–H groups in total. The molecule has 0 radical (unpaired) electrons. The van der Waals surface area contributed by atoms with Crippen LogP contribution in [0.15, 0.2) is 24.3 Å². The molecule has 0 spiro atoms. The molecular weight excluding hydrogens is 302 g/mol. The van der Waals surface area contributed by atoms with Gasteiger partial charge in [-0.15, -0.1) is 0 Å². The van der Waals surface area contributed by atoms with E-state index in [0.29, 0.717) is 12.5 Å². The minimum atomic E-state index is -0.280. The fraction of sp³-hybridized carbons (Fsp3) is 0.579. The molecule has 0 bridgehead atoms. The molecule has 5 nitrogen and oxygen atoms in total. The molecule has 1 aliphatic heterocycles. The smallest absolute Gasteiger partial charge is 0.241 e. The van der Waals surface area contributed by atoms with Gasteiger partial charge in [-0.1, -0.05) is 32.0 Å². The molecule has 132 valence electrons. The number of para-hydroxylation sites is 1. The Morgan fingerprint density at radius 1 is 1.33 bits per heavy atom. The van der Waals surface area contributed by atoms with Crippen molar-refractivity contribution >= 4 is 17.5 Å². The van der Waals surface area contributed by atoms with Crippen LogP contribution in [0.2, 0.25) is 0 Å². The number of likely N-dealkylation sites (tertiary alicyclic amines) is 1. The van der Waals surface area contributed by atoms with Gasteiger partial charge in [-0.25, -0.2) is 0 Å². The summed E-state index contributed by atoms with van der Waals surface area (Å²) in [7, 11) is 0. The number of nitrogens with zero attached hydrogens (tertiary/aromatic N) is 1. The molecule has 0 aromatic heterocycles. The summed E-state index contributed by atoms with van der Waals surface area (Å²) in [5.74, 6) is -0.0577. The summed E-state index contributed by atoms with van der Waals surface area (Å²) in [6.07, 6.45) is 2.74. The second kappa shape index (κ2) is 8.29. The third kappa shape index (κ3) is 4.35. The molecule has 1 fully saturated rings. The van der Waals surface area contributed by atoms with Gasteiger partial charge < -0.3 is 11.1 Å². The number of carbonyl (C=O) groups is 2. The molecule has 1 aliphatic rings. The maximum Gasteiger partial charge on any atom is 0.241 e. The number of benzene rings is 1. The molecule has 0 saturated carbocycles. The SMILES string of the molecule is CC[C@@H](C)c1ccccc1NC(=O)[C@H](C)N1CCC[C@H](C(N)=O)C1. The molecule has 5 heteroatoms. The zero-order valence-electron chi connectivity index (χ0n) is 14.9. The van der Waals surface area contributed by atoms with E-state index in [0.717, 1.165) is 37.1 Å². The summed E-state index contributed by atoms with van der Waals surface area (Å²) >= 11 is 0. The molecule has 1 aromatic carbocycles. The number of amides is 2. The van der Waals surface area contributed by atoms with Gasteiger partial charge in [0.15, 0.2) is 0 Å². The molecule has 1 saturated heterocycles. The minimum absolute atomic E-state index is 0.0316. The van der Waals surface area contributed by atoms with E-state index in [4.69, 9.17) is 5.73 Å². The van der Waals surface area contributed by atoms with Gasteiger partial charge in [0.05, 0.1) is 12.0 Å². The highest BCUT2D eigenvalue weighted by Gasteiger charge is 2.30. The first-order valence-corrected chi connectivity index (χ1v) is 8.87. The van der Waals surface area contributed by atoms with Crippen LogP contribution in [0.3, 0.4) is 0 Å². The van der Waals surface area contributed by atoms with E-state index in [9.17, 15) is 9.59 Å². The van der Waals surface area contributed by atoms with E-state index in [1.165, 1.54) is 0 Å². The maximum absolute atomic E-state index is 12.7. The van der Waals surface area contributed by atoms with Crippen molar-refractivity contribution in [3.05, 3.63) is 29.8 Å². The monoisotopic (exact) mass is 331 g/mol. The summed E-state index contributed by atoms with van der Waals surface area (Å²) in [5, 5.41) is 3.07. The van der Waals surface area contributed by atoms with Gasteiger partial charge in [0, 0.05) is 12.2 Å². The molecule has 0 unspecified atom stereocenters. The number of carbonyl (C=O) groups excluding carboxylic acids is 2. The van der Waals surface area contributed by atoms with E-state index < -0.39 is 0 Å². The van der Waals surface area contributed by atoms with Crippen molar-refractivity contribution in [1.82, 2.24) is 4.90 Å². The van der Waals surface area contributed by atoms with E-state index >= 15 is 0 Å². The lowest BCUT2D eigenvalue weighted by Crippen LogP contribution is -2.49. The van der Waals surface area contributed by atoms with E-state index in [-0.39, 0.29) is 23.8 Å². The molecule has 2 amide bonds. The Bertz CT molecular complexity index is 588. The van der Waals surface area contributed by atoms with Crippen molar-refractivity contribution in [3.63, 3.8) is 0 Å². The van der Waals surface area contributed by atoms with Crippen LogP contribution in [0.5, 0.6) is 0 Å². The van der Waals surface area contributed by atoms with Gasteiger partial charge in [-0.05, 0) is 50.3 Å². The van der Waals surface area contributed by atoms with Gasteiger partial charge >= 0.3 is 0 Å². The number of anilines is 1. The van der Waals surface area contributed by atoms with Crippen molar-refractivity contribution in [2.45, 2.75) is 52.0 Å². The fourth-order valence-electron chi connectivity index (χ4n) is 3.25. The molecule has 2 rings (SSSR count). The summed E-state index contributed by atoms with van der Waals surface area (Å²) in [6, 6.07) is 7.68. The normalized spacial score (nSPS) is 21.0. The van der Waals surface area contributed by atoms with Gasteiger partial charge in [0.1, 0.15) is 0 Å². The van der Waals surface area contributed by atoms with Gasteiger partial charge in [0.25, 0.3) is 0 Å². The van der Waals surface area contributed by atoms with Crippen LogP contribution < -0.4 is 11.1 Å². The lowest BCUT2D eigenvalue weighted by Gasteiger charge is -2.35. The number of primary amides is 1. The topological polar surface area (TPSA) is 75.4 Å². The number of nitrogens with two attached hydrogens (primary N) is 1. The average molecular weight is 331 g/mol. The number of hydrogen-bond acceptors (Lipinski definition) is 3. The van der Waals surface area contributed by atoms with E-state index in [1.54, 1.807) is 0 Å². The standard InChI is InChI=1S/C19H29N3O2/c1-4-13(2)16-9-5-6-10-17(16)21-19(24)14(3)22-11-7-8-15(12-22)18(20)23/h5-6,9-10,13-15H,4,7-8,11-12H2,1-3H3,(H2,20,23)(H,21,24)/t13-,14+,15+/m1/s1. The van der Waals surface area contributed by atoms with Crippen molar-refractivity contribution in [1.29, 1.82) is 0 Å². The Hall–Kier alpha value is -1.88. The second-order valence-electron chi connectivity index (χ2n) is 6.80. The van der Waals surface area contributed by atoms with Crippen LogP contribution in [0.1, 0.15) is 51.5 Å². The molecule has 1 heterocycles. The average Bonchev–Trinajstić information content (AvgIpc) is 2.60. The third-order valence-electron chi connectivity index (χ3n) is 5.14. The van der Waals surface area contributed by atoms with E-state index in [2.05, 4.69) is 30.1 Å². The largest absolute Gasteiger partial charge is 0.369 e. The predicted molar refractivity (Wildman–Crippen MR) is 96.7 cm³/mol. The van der Waals surface area contributed by atoms with E-state index in [1.807, 2.05) is 25.1 Å². The predicted octanol–water partition coefficient (Wildman–Crippen LogP) is 2.72. The summed E-state index contributed by atoms with van der Waals surface area (Å²) in [5.41, 5.74) is 7.47. The summed E-state index contributed by atoms with van der Waals surface area (Å²) in [6.45, 7) is 7.59. The highest BCUT2D eigenvalue weighted by molar-refractivity contribution is 5.95. The molecule has 24 heavy (non-hydrogen) atoms. The Labute approximate surface area is 144 Å². The van der Waals surface area contributed by atoms with Crippen molar-refractivity contribution < 1.29 is 9.59 Å². The van der Waals surface area contributed by atoms with Crippen molar-refractivity contribution in [2.24, 2.45) is 11.7 Å². The first-order chi connectivity index (χ1) is 11.4. The van der Waals surface area contributed by atoms with Crippen LogP contribution in [-0.4, -0.2) is 35.8 Å². The number of piperidine rings is 1. The molecule has 0 aliphatic carbocycles. The Balaban J connectivity index is 2.05. The first kappa shape index (κ1) is 18.5. The molecule has 1 aromatic rings. The van der Waals surface area contributed by atoms with Crippen molar-refractivity contribution in [2.75, 3.05) is 18.4 Å². The Morgan fingerprint density at radius 2 is 2.04 bits per heavy atom. The van der Waals surface area contributed by atoms with Gasteiger partial charge in [0.2, 0.25) is 11.8 Å². The summed E-state index contributed by atoms with van der Waals surface area (Å²) < 4.78 is 0. The minimum Gasteiger partial charge on any atom is -0.369 e. The van der Waals surface area contributed by atoms with Crippen LogP contribution in [0.4, 0.5) is 5.69 Å². The first-order valence-electron chi connectivity index (χ1n) is 8.87. The van der Waals surface area contributed by atoms with Gasteiger partial charge in [-0.3, -0.25) is 14.5 Å². The van der Waals surface area contributed by atoms with Crippen LogP contribution >= 0.6 is 0 Å². The lowest BCUT2D eigenvalue weighted by atomic mass is 9.95. The zero-order chi connectivity index (χ0) is 17.7. The highest BCUT2D eigenvalue weighted by atomic mass is 16.2. The fourth-order valence-corrected chi connectivity index (χ4v) is 3.25. The second-order valence-corrected chi connectivity index (χ2v) is 6.80. The molecule has 3 atom stereocenters. The Morgan fingerprint density at radius 3 is 2.71 bits per heavy atom. The number of hydrogen-bond donors (Lipinski definition) is 2. The number of rotatable bonds is 6. The zero-order valence-corrected chi connectivity index (χ0v) is 14.9. The van der Waals surface area contributed by atoms with Crippen LogP contribution in [0.25, 0.3) is 0 Å². The summed E-state index contributed by atoms with van der Waals surface area (Å²) in [4.78, 5) is 26.2. The third-order valence-corrected chi connectivity index (χ3v) is 5.14. The number of nitrogens with one attached hydrogen (secondary N) is 1. The van der Waals surface area contributed by atoms with Crippen molar-refractivity contribution in [3.8, 4) is 0 Å². The van der Waals surface area contributed by atoms with Crippen LogP contribution in [-0.2, 0) is 9.59 Å². The Kier molecular flexibility index (Phi) is 6.37. The van der Waals surface area contributed by atoms with Gasteiger partial charge in [-0.2, -0.15) is 0 Å². The highest BCUT2D eigenvalue weighted by Crippen LogP contribution is 2.27. The van der Waals surface area contributed by atoms with Crippen LogP contribution in [0, 0.1) is 5.92 Å². The molecular formula is C19H29N3O2. The quantitative estimate of drug-likeness (QED) is 0.841. The lowest BCUT2D eigenvalue weighted by molar-refractivity contribution is -0.127. The maximum atomic E-state index is 12.7.